The maximum Gasteiger partial charge on any atom is 0.255 e. The first-order valence-corrected chi connectivity index (χ1v) is 5.86. The van der Waals surface area contributed by atoms with Crippen LogP contribution in [0.4, 0.5) is 5.82 Å². The molecule has 0 aliphatic heterocycles. The smallest absolute Gasteiger partial charge is 0.255 e. The Morgan fingerprint density at radius 1 is 1.72 bits per heavy atom. The molecule has 1 heterocycles. The lowest BCUT2D eigenvalue weighted by Gasteiger charge is -2.23. The fraction of sp³-hybridized carbons (Fsp3) is 0.417. The molecule has 1 aromatic rings. The molecule has 1 rings (SSSR count). The topological polar surface area (TPSA) is 69.0 Å². The number of pyridine rings is 1. The summed E-state index contributed by atoms with van der Waals surface area (Å²) in [6, 6.07) is 3.48. The predicted octanol–water partition coefficient (Wildman–Crippen LogP) is 2.15. The normalized spacial score (nSPS) is 11.5. The number of hydrogen-bond donors (Lipinski definition) is 1. The molecule has 0 saturated heterocycles. The van der Waals surface area contributed by atoms with Gasteiger partial charge in [0.2, 0.25) is 0 Å². The fourth-order valence-electron chi connectivity index (χ4n) is 1.40. The van der Waals surface area contributed by atoms with Crippen LogP contribution in [0.5, 0.6) is 0 Å². The Labute approximate surface area is 111 Å². The number of nitrogens with one attached hydrogen (secondary N) is 1. The van der Waals surface area contributed by atoms with E-state index in [1.807, 2.05) is 13.0 Å². The Morgan fingerprint density at radius 2 is 2.39 bits per heavy atom. The van der Waals surface area contributed by atoms with Gasteiger partial charge in [0.25, 0.3) is 5.91 Å². The van der Waals surface area contributed by atoms with Gasteiger partial charge in [-0.25, -0.2) is 4.98 Å². The van der Waals surface area contributed by atoms with Gasteiger partial charge in [-0.2, -0.15) is 5.26 Å². The second-order valence-corrected chi connectivity index (χ2v) is 4.33. The van der Waals surface area contributed by atoms with Crippen LogP contribution in [-0.4, -0.2) is 35.9 Å². The molecule has 0 saturated carbocycles. The molecule has 0 fully saturated rings. The molecular weight excluding hydrogens is 252 g/mol. The number of hydrogen-bond acceptors (Lipinski definition) is 4. The third-order valence-electron chi connectivity index (χ3n) is 2.71. The van der Waals surface area contributed by atoms with Crippen molar-refractivity contribution in [1.82, 2.24) is 9.88 Å². The fourth-order valence-corrected chi connectivity index (χ4v) is 1.58. The SMILES string of the molecule is CNc1cc(C(=O)N(C)C(C)CC#N)c(Cl)cn1. The Hall–Kier alpha value is -1.80. The third kappa shape index (κ3) is 3.11. The van der Waals surface area contributed by atoms with Gasteiger partial charge in [0.05, 0.1) is 23.1 Å². The van der Waals surface area contributed by atoms with E-state index in [0.717, 1.165) is 0 Å². The zero-order valence-corrected chi connectivity index (χ0v) is 11.3. The Balaban J connectivity index is 3.00. The molecular formula is C12H15ClN4O. The summed E-state index contributed by atoms with van der Waals surface area (Å²) < 4.78 is 0. The molecule has 1 N–H and O–H groups in total. The van der Waals surface area contributed by atoms with Gasteiger partial charge < -0.3 is 10.2 Å². The maximum atomic E-state index is 12.2. The van der Waals surface area contributed by atoms with E-state index < -0.39 is 0 Å². The lowest BCUT2D eigenvalue weighted by atomic mass is 10.1. The van der Waals surface area contributed by atoms with Gasteiger partial charge in [0.1, 0.15) is 5.82 Å². The van der Waals surface area contributed by atoms with Gasteiger partial charge in [0.15, 0.2) is 0 Å². The molecule has 96 valence electrons. The van der Waals surface area contributed by atoms with Crippen LogP contribution in [0.3, 0.4) is 0 Å². The zero-order valence-electron chi connectivity index (χ0n) is 10.6. The van der Waals surface area contributed by atoms with E-state index in [-0.39, 0.29) is 18.4 Å². The minimum atomic E-state index is -0.221. The van der Waals surface area contributed by atoms with E-state index >= 15 is 0 Å². The molecule has 0 aromatic carbocycles. The van der Waals surface area contributed by atoms with Crippen molar-refractivity contribution in [2.75, 3.05) is 19.4 Å². The molecule has 1 aromatic heterocycles. The van der Waals surface area contributed by atoms with Crippen molar-refractivity contribution in [3.63, 3.8) is 0 Å². The highest BCUT2D eigenvalue weighted by Crippen LogP contribution is 2.20. The summed E-state index contributed by atoms with van der Waals surface area (Å²) in [5.74, 6) is 0.353. The van der Waals surface area contributed by atoms with Crippen molar-refractivity contribution in [2.45, 2.75) is 19.4 Å². The van der Waals surface area contributed by atoms with Crippen molar-refractivity contribution in [3.8, 4) is 6.07 Å². The average molecular weight is 267 g/mol. The van der Waals surface area contributed by atoms with Crippen molar-refractivity contribution < 1.29 is 4.79 Å². The van der Waals surface area contributed by atoms with Gasteiger partial charge in [-0.3, -0.25) is 4.79 Å². The van der Waals surface area contributed by atoms with E-state index in [9.17, 15) is 4.79 Å². The van der Waals surface area contributed by atoms with Crippen molar-refractivity contribution in [3.05, 3.63) is 22.8 Å². The third-order valence-corrected chi connectivity index (χ3v) is 3.01. The van der Waals surface area contributed by atoms with Gasteiger partial charge in [-0.05, 0) is 13.0 Å². The monoisotopic (exact) mass is 266 g/mol. The maximum absolute atomic E-state index is 12.2. The number of carbonyl (C=O) groups is 1. The molecule has 5 nitrogen and oxygen atoms in total. The van der Waals surface area contributed by atoms with Crippen LogP contribution in [0.2, 0.25) is 5.02 Å². The molecule has 0 radical (unpaired) electrons. The van der Waals surface area contributed by atoms with E-state index in [4.69, 9.17) is 16.9 Å². The highest BCUT2D eigenvalue weighted by Gasteiger charge is 2.20. The summed E-state index contributed by atoms with van der Waals surface area (Å²) >= 11 is 5.97. The van der Waals surface area contributed by atoms with Crippen LogP contribution in [0.25, 0.3) is 0 Å². The van der Waals surface area contributed by atoms with Gasteiger partial charge >= 0.3 is 0 Å². The summed E-state index contributed by atoms with van der Waals surface area (Å²) in [5, 5.41) is 11.8. The number of amides is 1. The van der Waals surface area contributed by atoms with Crippen LogP contribution in [0, 0.1) is 11.3 Å². The standard InChI is InChI=1S/C12H15ClN4O/c1-8(4-5-14)17(3)12(18)9-6-11(15-2)16-7-10(9)13/h6-8H,4H2,1-3H3,(H,15,16). The summed E-state index contributed by atoms with van der Waals surface area (Å²) in [6.07, 6.45) is 1.72. The summed E-state index contributed by atoms with van der Waals surface area (Å²) in [4.78, 5) is 17.7. The number of nitrogens with zero attached hydrogens (tertiary/aromatic N) is 3. The van der Waals surface area contributed by atoms with Crippen LogP contribution in [-0.2, 0) is 0 Å². The summed E-state index contributed by atoms with van der Waals surface area (Å²) in [6.45, 7) is 1.81. The highest BCUT2D eigenvalue weighted by atomic mass is 35.5. The molecule has 1 atom stereocenters. The lowest BCUT2D eigenvalue weighted by Crippen LogP contribution is -2.35. The number of halogens is 1. The number of nitriles is 1. The van der Waals surface area contributed by atoms with Gasteiger partial charge in [-0.15, -0.1) is 0 Å². The second-order valence-electron chi connectivity index (χ2n) is 3.93. The zero-order chi connectivity index (χ0) is 13.7. The number of aromatic nitrogens is 1. The number of anilines is 1. The van der Waals surface area contributed by atoms with E-state index in [0.29, 0.717) is 16.4 Å². The quantitative estimate of drug-likeness (QED) is 0.907. The van der Waals surface area contributed by atoms with Crippen molar-refractivity contribution in [2.24, 2.45) is 0 Å². The largest absolute Gasteiger partial charge is 0.373 e. The van der Waals surface area contributed by atoms with E-state index in [2.05, 4.69) is 10.3 Å². The first kappa shape index (κ1) is 14.3. The molecule has 1 amide bonds. The lowest BCUT2D eigenvalue weighted by molar-refractivity contribution is 0.0746. The van der Waals surface area contributed by atoms with Gasteiger partial charge in [0, 0.05) is 26.3 Å². The Morgan fingerprint density at radius 3 is 2.94 bits per heavy atom. The first-order valence-electron chi connectivity index (χ1n) is 5.48. The highest BCUT2D eigenvalue weighted by molar-refractivity contribution is 6.33. The van der Waals surface area contributed by atoms with Crippen LogP contribution in [0.15, 0.2) is 12.3 Å². The van der Waals surface area contributed by atoms with Crippen molar-refractivity contribution >= 4 is 23.3 Å². The number of carbonyl (C=O) groups excluding carboxylic acids is 1. The molecule has 6 heteroatoms. The van der Waals surface area contributed by atoms with Crippen LogP contribution >= 0.6 is 11.6 Å². The molecule has 1 unspecified atom stereocenters. The first-order chi connectivity index (χ1) is 8.51. The molecule has 18 heavy (non-hydrogen) atoms. The average Bonchev–Trinajstić information content (AvgIpc) is 2.38. The van der Waals surface area contributed by atoms with Crippen LogP contribution < -0.4 is 5.32 Å². The summed E-state index contributed by atoms with van der Waals surface area (Å²) in [5.41, 5.74) is 0.378. The Bertz CT molecular complexity index is 483. The van der Waals surface area contributed by atoms with Crippen LogP contribution in [0.1, 0.15) is 23.7 Å². The minimum absolute atomic E-state index is 0.162. The predicted molar refractivity (Wildman–Crippen MR) is 70.6 cm³/mol. The molecule has 0 aliphatic rings. The van der Waals surface area contributed by atoms with Crippen molar-refractivity contribution in [1.29, 1.82) is 5.26 Å². The van der Waals surface area contributed by atoms with Gasteiger partial charge in [-0.1, -0.05) is 11.6 Å². The molecule has 0 aliphatic carbocycles. The Kier molecular flexibility index (Phi) is 4.93. The molecule has 0 spiro atoms. The second kappa shape index (κ2) is 6.22. The minimum Gasteiger partial charge on any atom is -0.373 e. The van der Waals surface area contributed by atoms with E-state index in [1.54, 1.807) is 20.2 Å². The van der Waals surface area contributed by atoms with E-state index in [1.165, 1.54) is 11.1 Å². The number of rotatable bonds is 4. The molecule has 0 bridgehead atoms. The summed E-state index contributed by atoms with van der Waals surface area (Å²) in [7, 11) is 3.37.